The minimum atomic E-state index is -0.697. The number of hydrogen-bond donors (Lipinski definition) is 2. The van der Waals surface area contributed by atoms with Crippen LogP contribution in [0.15, 0.2) is 0 Å². The molecule has 0 saturated carbocycles. The Labute approximate surface area is 103 Å². The smallest absolute Gasteiger partial charge is 0.303 e. The summed E-state index contributed by atoms with van der Waals surface area (Å²) in [6, 6.07) is 0. The summed E-state index contributed by atoms with van der Waals surface area (Å²) in [4.78, 5) is 10.3. The van der Waals surface area contributed by atoms with Gasteiger partial charge in [0.25, 0.3) is 0 Å². The van der Waals surface area contributed by atoms with Crippen LogP contribution in [0.25, 0.3) is 0 Å². The molecule has 4 nitrogen and oxygen atoms in total. The van der Waals surface area contributed by atoms with Gasteiger partial charge in [0, 0.05) is 26.2 Å². The molecule has 4 heteroatoms. The van der Waals surface area contributed by atoms with E-state index in [4.69, 9.17) is 14.9 Å². The molecule has 1 saturated heterocycles. The van der Waals surface area contributed by atoms with Crippen LogP contribution in [-0.2, 0) is 9.53 Å². The van der Waals surface area contributed by atoms with Crippen LogP contribution in [0.4, 0.5) is 0 Å². The fourth-order valence-electron chi connectivity index (χ4n) is 2.48. The van der Waals surface area contributed by atoms with Gasteiger partial charge in [-0.2, -0.15) is 0 Å². The van der Waals surface area contributed by atoms with E-state index >= 15 is 0 Å². The van der Waals surface area contributed by atoms with E-state index < -0.39 is 5.97 Å². The maximum atomic E-state index is 10.3. The molecule has 0 aliphatic carbocycles. The van der Waals surface area contributed by atoms with Gasteiger partial charge in [-0.3, -0.25) is 4.79 Å². The lowest BCUT2D eigenvalue weighted by Gasteiger charge is -2.15. The Hall–Kier alpha value is -0.610. The first-order chi connectivity index (χ1) is 8.24. The normalized spacial score (nSPS) is 24.1. The fourth-order valence-corrected chi connectivity index (χ4v) is 2.48. The second kappa shape index (κ2) is 8.48. The van der Waals surface area contributed by atoms with Crippen molar-refractivity contribution in [1.29, 1.82) is 0 Å². The van der Waals surface area contributed by atoms with E-state index in [9.17, 15) is 4.79 Å². The number of aliphatic hydroxyl groups excluding tert-OH is 1. The van der Waals surface area contributed by atoms with Gasteiger partial charge in [-0.25, -0.2) is 0 Å². The highest BCUT2D eigenvalue weighted by atomic mass is 16.5. The zero-order chi connectivity index (χ0) is 12.5. The van der Waals surface area contributed by atoms with Crippen LogP contribution in [0, 0.1) is 11.8 Å². The Morgan fingerprint density at radius 1 is 1.06 bits per heavy atom. The summed E-state index contributed by atoms with van der Waals surface area (Å²) >= 11 is 0. The molecular formula is C13H24O4. The highest BCUT2D eigenvalue weighted by Crippen LogP contribution is 2.28. The molecule has 0 bridgehead atoms. The molecule has 0 aromatic carbocycles. The maximum Gasteiger partial charge on any atom is 0.303 e. The predicted molar refractivity (Wildman–Crippen MR) is 64.8 cm³/mol. The summed E-state index contributed by atoms with van der Waals surface area (Å²) < 4.78 is 5.44. The van der Waals surface area contributed by atoms with Gasteiger partial charge >= 0.3 is 5.97 Å². The zero-order valence-electron chi connectivity index (χ0n) is 10.4. The molecule has 2 atom stereocenters. The maximum absolute atomic E-state index is 10.3. The molecule has 1 aliphatic rings. The van der Waals surface area contributed by atoms with Gasteiger partial charge in [-0.05, 0) is 31.1 Å². The van der Waals surface area contributed by atoms with Crippen molar-refractivity contribution < 1.29 is 19.7 Å². The van der Waals surface area contributed by atoms with Gasteiger partial charge < -0.3 is 14.9 Å². The van der Waals surface area contributed by atoms with Crippen molar-refractivity contribution in [2.45, 2.75) is 44.9 Å². The average Bonchev–Trinajstić information content (AvgIpc) is 2.71. The monoisotopic (exact) mass is 244 g/mol. The van der Waals surface area contributed by atoms with Gasteiger partial charge in [-0.1, -0.05) is 19.3 Å². The number of unbranched alkanes of at least 4 members (excludes halogenated alkanes) is 3. The molecule has 1 fully saturated rings. The molecule has 1 aliphatic heterocycles. The molecule has 17 heavy (non-hydrogen) atoms. The number of rotatable bonds is 9. The van der Waals surface area contributed by atoms with Crippen molar-refractivity contribution in [3.05, 3.63) is 0 Å². The average molecular weight is 244 g/mol. The van der Waals surface area contributed by atoms with Crippen molar-refractivity contribution in [3.63, 3.8) is 0 Å². The molecule has 100 valence electrons. The number of aliphatic carboxylic acids is 1. The van der Waals surface area contributed by atoms with Gasteiger partial charge in [0.2, 0.25) is 0 Å². The largest absolute Gasteiger partial charge is 0.481 e. The second-order valence-electron chi connectivity index (χ2n) is 4.92. The number of carbonyl (C=O) groups is 1. The number of ether oxygens (including phenoxy) is 1. The van der Waals surface area contributed by atoms with E-state index in [0.29, 0.717) is 18.3 Å². The van der Waals surface area contributed by atoms with Crippen molar-refractivity contribution >= 4 is 5.97 Å². The zero-order valence-corrected chi connectivity index (χ0v) is 10.4. The molecule has 0 radical (unpaired) electrons. The Kier molecular flexibility index (Phi) is 7.21. The van der Waals surface area contributed by atoms with E-state index in [2.05, 4.69) is 0 Å². The molecule has 0 aromatic rings. The van der Waals surface area contributed by atoms with Crippen LogP contribution < -0.4 is 0 Å². The first-order valence-corrected chi connectivity index (χ1v) is 6.64. The summed E-state index contributed by atoms with van der Waals surface area (Å²) in [6.45, 7) is 1.88. The first kappa shape index (κ1) is 14.5. The Balaban J connectivity index is 2.00. The minimum Gasteiger partial charge on any atom is -0.481 e. The van der Waals surface area contributed by atoms with Crippen LogP contribution in [0.2, 0.25) is 0 Å². The summed E-state index contributed by atoms with van der Waals surface area (Å²) in [5.74, 6) is 0.429. The summed E-state index contributed by atoms with van der Waals surface area (Å²) in [5.41, 5.74) is 0. The van der Waals surface area contributed by atoms with Crippen molar-refractivity contribution in [3.8, 4) is 0 Å². The van der Waals surface area contributed by atoms with Gasteiger partial charge in [0.1, 0.15) is 0 Å². The highest BCUT2D eigenvalue weighted by Gasteiger charge is 2.26. The van der Waals surface area contributed by atoms with E-state index in [0.717, 1.165) is 51.7 Å². The topological polar surface area (TPSA) is 66.8 Å². The molecular weight excluding hydrogens is 220 g/mol. The number of carboxylic acids is 1. The number of hydrogen-bond acceptors (Lipinski definition) is 3. The van der Waals surface area contributed by atoms with Crippen molar-refractivity contribution in [2.75, 3.05) is 19.8 Å². The van der Waals surface area contributed by atoms with E-state index in [1.54, 1.807) is 0 Å². The van der Waals surface area contributed by atoms with Gasteiger partial charge in [0.15, 0.2) is 0 Å². The van der Waals surface area contributed by atoms with Crippen LogP contribution in [0.5, 0.6) is 0 Å². The first-order valence-electron chi connectivity index (χ1n) is 6.64. The summed E-state index contributed by atoms with van der Waals surface area (Å²) in [6.07, 6.45) is 6.34. The van der Waals surface area contributed by atoms with E-state index in [1.165, 1.54) is 0 Å². The SMILES string of the molecule is O=C(O)CCCCCC[C@@H]1COC[C@@H]1CCO. The molecule has 0 aromatic heterocycles. The Morgan fingerprint density at radius 2 is 1.71 bits per heavy atom. The number of carboxylic acid groups (broad SMARTS) is 1. The molecule has 0 unspecified atom stereocenters. The Bertz CT molecular complexity index is 217. The predicted octanol–water partition coefficient (Wildman–Crippen LogP) is 2.06. The molecule has 0 spiro atoms. The standard InChI is InChI=1S/C13H24O4/c14-8-7-12-10-17-9-11(12)5-3-1-2-4-6-13(15)16/h11-12,14H,1-10H2,(H,15,16)/t11-,12+/m1/s1. The van der Waals surface area contributed by atoms with Crippen LogP contribution in [0.1, 0.15) is 44.9 Å². The van der Waals surface area contributed by atoms with Crippen LogP contribution >= 0.6 is 0 Å². The van der Waals surface area contributed by atoms with Gasteiger partial charge in [-0.15, -0.1) is 0 Å². The van der Waals surface area contributed by atoms with E-state index in [1.807, 2.05) is 0 Å². The van der Waals surface area contributed by atoms with Gasteiger partial charge in [0.05, 0.1) is 0 Å². The molecule has 1 rings (SSSR count). The number of aliphatic hydroxyl groups is 1. The second-order valence-corrected chi connectivity index (χ2v) is 4.92. The fraction of sp³-hybridized carbons (Fsp3) is 0.923. The van der Waals surface area contributed by atoms with Crippen LogP contribution in [0.3, 0.4) is 0 Å². The molecule has 2 N–H and O–H groups in total. The van der Waals surface area contributed by atoms with Crippen molar-refractivity contribution in [1.82, 2.24) is 0 Å². The quantitative estimate of drug-likeness (QED) is 0.609. The minimum absolute atomic E-state index is 0.253. The summed E-state index contributed by atoms with van der Waals surface area (Å²) in [5, 5.41) is 17.4. The lowest BCUT2D eigenvalue weighted by Crippen LogP contribution is -2.13. The van der Waals surface area contributed by atoms with Crippen molar-refractivity contribution in [2.24, 2.45) is 11.8 Å². The third kappa shape index (κ3) is 6.03. The molecule has 1 heterocycles. The third-order valence-electron chi connectivity index (χ3n) is 3.55. The van der Waals surface area contributed by atoms with E-state index in [-0.39, 0.29) is 6.61 Å². The third-order valence-corrected chi connectivity index (χ3v) is 3.55. The van der Waals surface area contributed by atoms with Crippen LogP contribution in [-0.4, -0.2) is 36.0 Å². The molecule has 0 amide bonds. The lowest BCUT2D eigenvalue weighted by atomic mass is 9.88. The highest BCUT2D eigenvalue weighted by molar-refractivity contribution is 5.66. The summed E-state index contributed by atoms with van der Waals surface area (Å²) in [7, 11) is 0. The lowest BCUT2D eigenvalue weighted by molar-refractivity contribution is -0.137. The Morgan fingerprint density at radius 3 is 2.35 bits per heavy atom.